The molecule has 2 heterocycles. The largest absolute Gasteiger partial charge is 0.383 e. The maximum Gasteiger partial charge on any atom is 0.262 e. The molecule has 0 aliphatic carbocycles. The topological polar surface area (TPSA) is 68.2 Å². The zero-order chi connectivity index (χ0) is 13.9. The van der Waals surface area contributed by atoms with Gasteiger partial charge in [-0.1, -0.05) is 0 Å². The first-order valence-corrected chi connectivity index (χ1v) is 5.95. The molecule has 1 amide bonds. The van der Waals surface area contributed by atoms with Crippen molar-refractivity contribution >= 4 is 24.1 Å². The zero-order valence-electron chi connectivity index (χ0n) is 10.9. The molecule has 0 bridgehead atoms. The van der Waals surface area contributed by atoms with E-state index in [1.807, 2.05) is 0 Å². The summed E-state index contributed by atoms with van der Waals surface area (Å²) < 4.78 is 32.4. The molecule has 1 fully saturated rings. The molecular weight excluding hydrogens is 294 g/mol. The average Bonchev–Trinajstić information content (AvgIpc) is 2.93. The van der Waals surface area contributed by atoms with E-state index in [0.29, 0.717) is 19.0 Å². The van der Waals surface area contributed by atoms with Crippen molar-refractivity contribution in [2.45, 2.75) is 24.9 Å². The van der Waals surface area contributed by atoms with Gasteiger partial charge in [-0.05, 0) is 0 Å². The molecule has 1 atom stereocenters. The van der Waals surface area contributed by atoms with Crippen LogP contribution in [-0.4, -0.2) is 47.9 Å². The summed E-state index contributed by atoms with van der Waals surface area (Å²) in [6.45, 7) is 0.602. The lowest BCUT2D eigenvalue weighted by Gasteiger charge is -2.09. The molecule has 9 heteroatoms. The van der Waals surface area contributed by atoms with Gasteiger partial charge in [-0.2, -0.15) is 5.10 Å². The highest BCUT2D eigenvalue weighted by Gasteiger charge is 2.42. The Morgan fingerprint density at radius 1 is 1.70 bits per heavy atom. The number of methoxy groups -OCH3 is 1. The lowest BCUT2D eigenvalue weighted by Crippen LogP contribution is -2.35. The Morgan fingerprint density at radius 3 is 3.05 bits per heavy atom. The number of halogens is 3. The van der Waals surface area contributed by atoms with Gasteiger partial charge < -0.3 is 10.1 Å². The van der Waals surface area contributed by atoms with Crippen molar-refractivity contribution in [3.8, 4) is 0 Å². The Labute approximate surface area is 121 Å². The number of aromatic nitrogens is 2. The van der Waals surface area contributed by atoms with Crippen LogP contribution in [0.15, 0.2) is 12.3 Å². The first-order valence-electron chi connectivity index (χ1n) is 5.95. The molecule has 2 N–H and O–H groups in total. The highest BCUT2D eigenvalue weighted by atomic mass is 35.5. The van der Waals surface area contributed by atoms with E-state index in [-0.39, 0.29) is 12.4 Å². The second-order valence-corrected chi connectivity index (χ2v) is 4.44. The van der Waals surface area contributed by atoms with E-state index >= 15 is 0 Å². The van der Waals surface area contributed by atoms with Crippen LogP contribution in [0.4, 0.5) is 14.6 Å². The number of carbonyl (C=O) groups is 1. The van der Waals surface area contributed by atoms with Gasteiger partial charge >= 0.3 is 0 Å². The van der Waals surface area contributed by atoms with Gasteiger partial charge in [0.2, 0.25) is 5.91 Å². The molecule has 1 saturated heterocycles. The van der Waals surface area contributed by atoms with Gasteiger partial charge in [-0.25, -0.2) is 8.78 Å². The molecule has 0 spiro atoms. The van der Waals surface area contributed by atoms with Gasteiger partial charge in [-0.3, -0.25) is 14.8 Å². The molecule has 1 aromatic rings. The standard InChI is InChI=1S/C11H16F2N4O2.ClH/c1-19-5-4-17-3-2-9(16-17)15-10(18)8-6-11(12,13)7-14-8;/h2-3,8,14H,4-7H2,1H3,(H,15,16,18);1H. The first-order chi connectivity index (χ1) is 9.00. The predicted molar refractivity (Wildman–Crippen MR) is 71.3 cm³/mol. The van der Waals surface area contributed by atoms with Crippen molar-refractivity contribution in [2.24, 2.45) is 0 Å². The van der Waals surface area contributed by atoms with E-state index in [4.69, 9.17) is 4.74 Å². The van der Waals surface area contributed by atoms with Gasteiger partial charge in [0.25, 0.3) is 5.92 Å². The number of nitrogens with one attached hydrogen (secondary N) is 2. The van der Waals surface area contributed by atoms with Gasteiger partial charge in [-0.15, -0.1) is 12.4 Å². The van der Waals surface area contributed by atoms with Crippen molar-refractivity contribution in [3.05, 3.63) is 12.3 Å². The molecule has 1 aliphatic heterocycles. The van der Waals surface area contributed by atoms with Crippen LogP contribution in [0.5, 0.6) is 0 Å². The number of hydrogen-bond donors (Lipinski definition) is 2. The summed E-state index contributed by atoms with van der Waals surface area (Å²) in [6.07, 6.45) is 1.20. The number of carbonyl (C=O) groups excluding carboxylic acids is 1. The summed E-state index contributed by atoms with van der Waals surface area (Å²) in [5.74, 6) is -2.97. The molecular formula is C11H17ClF2N4O2. The van der Waals surface area contributed by atoms with Crippen LogP contribution in [-0.2, 0) is 16.1 Å². The van der Waals surface area contributed by atoms with Crippen LogP contribution in [0.1, 0.15) is 6.42 Å². The summed E-state index contributed by atoms with van der Waals surface area (Å²) in [5.41, 5.74) is 0. The fraction of sp³-hybridized carbons (Fsp3) is 0.636. The third-order valence-corrected chi connectivity index (χ3v) is 2.84. The number of amides is 1. The molecule has 114 valence electrons. The van der Waals surface area contributed by atoms with Crippen LogP contribution < -0.4 is 10.6 Å². The van der Waals surface area contributed by atoms with Crippen LogP contribution in [0.2, 0.25) is 0 Å². The van der Waals surface area contributed by atoms with Crippen LogP contribution in [0.25, 0.3) is 0 Å². The molecule has 1 unspecified atom stereocenters. The first kappa shape index (κ1) is 16.8. The van der Waals surface area contributed by atoms with Gasteiger partial charge in [0.15, 0.2) is 5.82 Å². The summed E-state index contributed by atoms with van der Waals surface area (Å²) in [6, 6.07) is 0.736. The van der Waals surface area contributed by atoms with Crippen LogP contribution >= 0.6 is 12.4 Å². The fourth-order valence-corrected chi connectivity index (χ4v) is 1.85. The smallest absolute Gasteiger partial charge is 0.262 e. The Bertz CT molecular complexity index is 455. The summed E-state index contributed by atoms with van der Waals surface area (Å²) in [4.78, 5) is 11.7. The normalized spacial score (nSPS) is 20.4. The number of nitrogens with zero attached hydrogens (tertiary/aromatic N) is 2. The molecule has 20 heavy (non-hydrogen) atoms. The van der Waals surface area contributed by atoms with Crippen LogP contribution in [0, 0.1) is 0 Å². The lowest BCUT2D eigenvalue weighted by atomic mass is 10.2. The third kappa shape index (κ3) is 4.39. The highest BCUT2D eigenvalue weighted by Crippen LogP contribution is 2.25. The third-order valence-electron chi connectivity index (χ3n) is 2.84. The van der Waals surface area contributed by atoms with E-state index < -0.39 is 30.8 Å². The zero-order valence-corrected chi connectivity index (χ0v) is 11.8. The Hall–Kier alpha value is -1.25. The van der Waals surface area contributed by atoms with Gasteiger partial charge in [0.1, 0.15) is 0 Å². The Kier molecular flexibility index (Phi) is 5.85. The minimum Gasteiger partial charge on any atom is -0.383 e. The number of anilines is 1. The quantitative estimate of drug-likeness (QED) is 0.847. The van der Waals surface area contributed by atoms with Crippen LogP contribution in [0.3, 0.4) is 0 Å². The SMILES string of the molecule is COCCn1ccc(NC(=O)C2CC(F)(F)CN2)n1.Cl. The molecule has 6 nitrogen and oxygen atoms in total. The number of alkyl halides is 2. The summed E-state index contributed by atoms with van der Waals surface area (Å²) in [7, 11) is 1.58. The molecule has 0 aromatic carbocycles. The van der Waals surface area contributed by atoms with Crippen molar-refractivity contribution in [1.82, 2.24) is 15.1 Å². The van der Waals surface area contributed by atoms with Crippen molar-refractivity contribution in [1.29, 1.82) is 0 Å². The Morgan fingerprint density at radius 2 is 2.45 bits per heavy atom. The predicted octanol–water partition coefficient (Wildman–Crippen LogP) is 0.887. The van der Waals surface area contributed by atoms with Gasteiger partial charge in [0, 0.05) is 25.8 Å². The molecule has 1 aromatic heterocycles. The maximum atomic E-state index is 13.0. The van der Waals surface area contributed by atoms with E-state index in [1.165, 1.54) is 0 Å². The average molecular weight is 311 g/mol. The second kappa shape index (κ2) is 6.96. The van der Waals surface area contributed by atoms with Crippen molar-refractivity contribution in [2.75, 3.05) is 25.6 Å². The molecule has 1 aliphatic rings. The van der Waals surface area contributed by atoms with E-state index in [9.17, 15) is 13.6 Å². The molecule has 0 radical (unpaired) electrons. The van der Waals surface area contributed by atoms with Crippen molar-refractivity contribution in [3.63, 3.8) is 0 Å². The van der Waals surface area contributed by atoms with E-state index in [2.05, 4.69) is 15.7 Å². The van der Waals surface area contributed by atoms with Gasteiger partial charge in [0.05, 0.1) is 25.7 Å². The molecule has 0 saturated carbocycles. The fourth-order valence-electron chi connectivity index (χ4n) is 1.85. The minimum absolute atomic E-state index is 0. The van der Waals surface area contributed by atoms with Crippen molar-refractivity contribution < 1.29 is 18.3 Å². The number of ether oxygens (including phenoxy) is 1. The van der Waals surface area contributed by atoms with E-state index in [1.54, 1.807) is 24.1 Å². The summed E-state index contributed by atoms with van der Waals surface area (Å²) >= 11 is 0. The monoisotopic (exact) mass is 310 g/mol. The Balaban J connectivity index is 0.00000200. The summed E-state index contributed by atoms with van der Waals surface area (Å²) in [5, 5.41) is 9.09. The second-order valence-electron chi connectivity index (χ2n) is 4.44. The highest BCUT2D eigenvalue weighted by molar-refractivity contribution is 5.94. The molecule has 2 rings (SSSR count). The lowest BCUT2D eigenvalue weighted by molar-refractivity contribution is -0.118. The number of hydrogen-bond acceptors (Lipinski definition) is 4. The van der Waals surface area contributed by atoms with E-state index in [0.717, 1.165) is 0 Å². The number of rotatable bonds is 5. The maximum absolute atomic E-state index is 13.0. The minimum atomic E-state index is -2.82.